The second-order valence-corrected chi connectivity index (χ2v) is 3.42. The molecule has 0 spiro atoms. The van der Waals surface area contributed by atoms with Gasteiger partial charge in [-0.15, -0.1) is 0 Å². The molecule has 2 rings (SSSR count). The van der Waals surface area contributed by atoms with Crippen molar-refractivity contribution in [2.75, 3.05) is 6.61 Å². The summed E-state index contributed by atoms with van der Waals surface area (Å²) in [6, 6.07) is 5.72. The largest absolute Gasteiger partial charge is 0.503 e. The lowest BCUT2D eigenvalue weighted by Crippen LogP contribution is -2.18. The summed E-state index contributed by atoms with van der Waals surface area (Å²) in [7, 11) is 0. The van der Waals surface area contributed by atoms with Gasteiger partial charge in [0.2, 0.25) is 0 Å². The quantitative estimate of drug-likeness (QED) is 0.788. The van der Waals surface area contributed by atoms with Crippen molar-refractivity contribution in [3.63, 3.8) is 0 Å². The topological polar surface area (TPSA) is 102 Å². The van der Waals surface area contributed by atoms with Crippen molar-refractivity contribution >= 4 is 5.97 Å². The molecule has 0 fully saturated rings. The lowest BCUT2D eigenvalue weighted by atomic mass is 10.4. The molecule has 0 saturated carbocycles. The highest BCUT2D eigenvalue weighted by atomic mass is 16.6. The normalized spacial score (nSPS) is 9.89. The average Bonchev–Trinajstić information content (AvgIpc) is 2.40. The second kappa shape index (κ2) is 5.67. The molecule has 0 bridgehead atoms. The van der Waals surface area contributed by atoms with Gasteiger partial charge < -0.3 is 19.7 Å². The Kier molecular flexibility index (Phi) is 3.77. The number of carbonyl (C=O) groups excluding carboxylic acids is 1. The van der Waals surface area contributed by atoms with Crippen LogP contribution in [0.1, 0.15) is 0 Å². The van der Waals surface area contributed by atoms with Crippen molar-refractivity contribution in [1.82, 2.24) is 9.97 Å². The predicted octanol–water partition coefficient (Wildman–Crippen LogP) is 0.872. The number of ether oxygens (including phenoxy) is 2. The molecule has 2 aromatic heterocycles. The standard InChI is InChI=1S/C12H10N2O5/c15-8-3-1-5-13-11(8)18-7-10(17)19-12-9(16)4-2-6-14-12/h1-6,15-16H,7H2. The van der Waals surface area contributed by atoms with Crippen molar-refractivity contribution in [2.24, 2.45) is 0 Å². The summed E-state index contributed by atoms with van der Waals surface area (Å²) in [5, 5.41) is 18.7. The van der Waals surface area contributed by atoms with E-state index in [1.54, 1.807) is 0 Å². The maximum absolute atomic E-state index is 11.4. The summed E-state index contributed by atoms with van der Waals surface area (Å²) < 4.78 is 9.74. The molecule has 0 atom stereocenters. The highest BCUT2D eigenvalue weighted by molar-refractivity contribution is 5.74. The summed E-state index contributed by atoms with van der Waals surface area (Å²) >= 11 is 0. The third-order valence-electron chi connectivity index (χ3n) is 2.04. The number of pyridine rings is 2. The minimum atomic E-state index is -0.779. The van der Waals surface area contributed by atoms with Crippen LogP contribution in [0.3, 0.4) is 0 Å². The van der Waals surface area contributed by atoms with Crippen LogP contribution in [0.4, 0.5) is 0 Å². The minimum Gasteiger partial charge on any atom is -0.503 e. The Morgan fingerprint density at radius 2 is 1.63 bits per heavy atom. The van der Waals surface area contributed by atoms with E-state index in [2.05, 4.69) is 9.97 Å². The smallest absolute Gasteiger partial charge is 0.351 e. The first-order valence-electron chi connectivity index (χ1n) is 5.28. The van der Waals surface area contributed by atoms with Crippen molar-refractivity contribution < 1.29 is 24.5 Å². The molecule has 2 heterocycles. The second-order valence-electron chi connectivity index (χ2n) is 3.42. The van der Waals surface area contributed by atoms with E-state index >= 15 is 0 Å². The molecule has 0 aliphatic heterocycles. The molecule has 2 aromatic rings. The van der Waals surface area contributed by atoms with Gasteiger partial charge in [0.1, 0.15) is 0 Å². The molecule has 0 unspecified atom stereocenters. The molecule has 0 aliphatic rings. The number of esters is 1. The highest BCUT2D eigenvalue weighted by Crippen LogP contribution is 2.22. The van der Waals surface area contributed by atoms with Crippen molar-refractivity contribution in [2.45, 2.75) is 0 Å². The number of hydrogen-bond donors (Lipinski definition) is 2. The maximum atomic E-state index is 11.4. The molecule has 19 heavy (non-hydrogen) atoms. The molecular weight excluding hydrogens is 252 g/mol. The Hall–Kier alpha value is -2.83. The van der Waals surface area contributed by atoms with Crippen LogP contribution in [0.2, 0.25) is 0 Å². The summed E-state index contributed by atoms with van der Waals surface area (Å²) in [5.41, 5.74) is 0. The molecule has 0 radical (unpaired) electrons. The maximum Gasteiger partial charge on any atom is 0.351 e. The molecule has 98 valence electrons. The Labute approximate surface area is 108 Å². The molecular formula is C12H10N2O5. The Morgan fingerprint density at radius 1 is 1.05 bits per heavy atom. The van der Waals surface area contributed by atoms with E-state index in [1.165, 1.54) is 36.7 Å². The number of aromatic hydroxyl groups is 2. The van der Waals surface area contributed by atoms with E-state index in [9.17, 15) is 15.0 Å². The van der Waals surface area contributed by atoms with Crippen LogP contribution >= 0.6 is 0 Å². The van der Waals surface area contributed by atoms with Crippen LogP contribution in [0, 0.1) is 0 Å². The number of rotatable bonds is 4. The highest BCUT2D eigenvalue weighted by Gasteiger charge is 2.12. The van der Waals surface area contributed by atoms with Crippen LogP contribution in [0.25, 0.3) is 0 Å². The predicted molar refractivity (Wildman–Crippen MR) is 62.9 cm³/mol. The van der Waals surface area contributed by atoms with E-state index in [1.807, 2.05) is 0 Å². The number of hydrogen-bond acceptors (Lipinski definition) is 7. The van der Waals surface area contributed by atoms with E-state index in [4.69, 9.17) is 9.47 Å². The fraction of sp³-hybridized carbons (Fsp3) is 0.0833. The van der Waals surface area contributed by atoms with Crippen molar-refractivity contribution in [3.05, 3.63) is 36.7 Å². The first-order chi connectivity index (χ1) is 9.16. The number of aromatic nitrogens is 2. The van der Waals surface area contributed by atoms with E-state index < -0.39 is 12.6 Å². The average molecular weight is 262 g/mol. The van der Waals surface area contributed by atoms with Gasteiger partial charge in [-0.25, -0.2) is 14.8 Å². The Morgan fingerprint density at radius 3 is 2.21 bits per heavy atom. The lowest BCUT2D eigenvalue weighted by Gasteiger charge is -2.06. The molecule has 0 aromatic carbocycles. The molecule has 0 saturated heterocycles. The van der Waals surface area contributed by atoms with Gasteiger partial charge in [-0.3, -0.25) is 0 Å². The fourth-order valence-electron chi connectivity index (χ4n) is 1.22. The third-order valence-corrected chi connectivity index (χ3v) is 2.04. The van der Waals surface area contributed by atoms with Crippen LogP contribution in [-0.4, -0.2) is 32.8 Å². The monoisotopic (exact) mass is 262 g/mol. The summed E-state index contributed by atoms with van der Waals surface area (Å²) in [4.78, 5) is 18.8. The van der Waals surface area contributed by atoms with Gasteiger partial charge in [0.05, 0.1) is 0 Å². The van der Waals surface area contributed by atoms with Crippen LogP contribution < -0.4 is 9.47 Å². The van der Waals surface area contributed by atoms with Gasteiger partial charge in [0, 0.05) is 12.4 Å². The van der Waals surface area contributed by atoms with Gasteiger partial charge >= 0.3 is 5.97 Å². The van der Waals surface area contributed by atoms with Gasteiger partial charge in [0.25, 0.3) is 11.8 Å². The molecule has 7 heteroatoms. The van der Waals surface area contributed by atoms with Crippen LogP contribution in [0.15, 0.2) is 36.7 Å². The summed E-state index contributed by atoms with van der Waals surface area (Å²) in [5.74, 6) is -1.50. The van der Waals surface area contributed by atoms with E-state index in [0.29, 0.717) is 0 Å². The van der Waals surface area contributed by atoms with Gasteiger partial charge in [0.15, 0.2) is 18.1 Å². The zero-order chi connectivity index (χ0) is 13.7. The van der Waals surface area contributed by atoms with E-state index in [-0.39, 0.29) is 23.3 Å². The lowest BCUT2D eigenvalue weighted by molar-refractivity contribution is -0.137. The first kappa shape index (κ1) is 12.6. The molecule has 0 aliphatic carbocycles. The molecule has 7 nitrogen and oxygen atoms in total. The van der Waals surface area contributed by atoms with Crippen molar-refractivity contribution in [3.8, 4) is 23.3 Å². The Bertz CT molecular complexity index is 588. The summed E-state index contributed by atoms with van der Waals surface area (Å²) in [6.07, 6.45) is 2.78. The van der Waals surface area contributed by atoms with E-state index in [0.717, 1.165) is 0 Å². The SMILES string of the molecule is O=C(COc1ncccc1O)Oc1ncccc1O. The number of nitrogens with zero attached hydrogens (tertiary/aromatic N) is 2. The van der Waals surface area contributed by atoms with Crippen LogP contribution in [-0.2, 0) is 4.79 Å². The van der Waals surface area contributed by atoms with Crippen molar-refractivity contribution in [1.29, 1.82) is 0 Å². The molecule has 0 amide bonds. The van der Waals surface area contributed by atoms with Gasteiger partial charge in [-0.05, 0) is 24.3 Å². The van der Waals surface area contributed by atoms with Gasteiger partial charge in [-0.2, -0.15) is 0 Å². The van der Waals surface area contributed by atoms with Gasteiger partial charge in [-0.1, -0.05) is 0 Å². The Balaban J connectivity index is 1.92. The fourth-order valence-corrected chi connectivity index (χ4v) is 1.22. The first-order valence-corrected chi connectivity index (χ1v) is 5.28. The molecule has 2 N–H and O–H groups in total. The van der Waals surface area contributed by atoms with Crippen LogP contribution in [0.5, 0.6) is 23.3 Å². The third kappa shape index (κ3) is 3.32. The minimum absolute atomic E-state index is 0.0790. The summed E-state index contributed by atoms with van der Waals surface area (Å²) in [6.45, 7) is -0.472. The zero-order valence-corrected chi connectivity index (χ0v) is 9.68. The zero-order valence-electron chi connectivity index (χ0n) is 9.68. The number of carbonyl (C=O) groups is 1.